The van der Waals surface area contributed by atoms with Crippen LogP contribution in [0.1, 0.15) is 18.1 Å². The average Bonchev–Trinajstić information content (AvgIpc) is 2.73. The molecule has 0 bridgehead atoms. The van der Waals surface area contributed by atoms with E-state index in [1.807, 2.05) is 23.2 Å². The number of nitrogens with zero attached hydrogens (tertiary/aromatic N) is 4. The van der Waals surface area contributed by atoms with Gasteiger partial charge >= 0.3 is 0 Å². The molecule has 1 saturated heterocycles. The first-order chi connectivity index (χ1) is 12.7. The predicted molar refractivity (Wildman–Crippen MR) is 103 cm³/mol. The summed E-state index contributed by atoms with van der Waals surface area (Å²) in [7, 11) is 0. The Kier molecular flexibility index (Phi) is 4.89. The molecule has 4 rings (SSSR count). The van der Waals surface area contributed by atoms with Gasteiger partial charge in [-0.15, -0.1) is 0 Å². The van der Waals surface area contributed by atoms with Crippen molar-refractivity contribution in [3.8, 4) is 0 Å². The van der Waals surface area contributed by atoms with Crippen molar-refractivity contribution in [2.75, 3.05) is 37.6 Å². The smallest absolute Gasteiger partial charge is 0.239 e. The summed E-state index contributed by atoms with van der Waals surface area (Å²) in [6, 6.07) is 14.4. The highest BCUT2D eigenvalue weighted by atomic mass is 16.2. The predicted octanol–water partition coefficient (Wildman–Crippen LogP) is 2.18. The number of piperazine rings is 1. The van der Waals surface area contributed by atoms with Crippen LogP contribution in [0, 0.1) is 0 Å². The zero-order valence-electron chi connectivity index (χ0n) is 15.3. The lowest BCUT2D eigenvalue weighted by atomic mass is 9.99. The molecule has 1 fully saturated rings. The maximum atomic E-state index is 13.0. The molecule has 5 nitrogen and oxygen atoms in total. The molecular formula is C21H26N4O. The molecular weight excluding hydrogens is 324 g/mol. The van der Waals surface area contributed by atoms with Crippen molar-refractivity contribution in [1.82, 2.24) is 14.8 Å². The Bertz CT molecular complexity index is 756. The third-order valence-corrected chi connectivity index (χ3v) is 5.63. The molecule has 0 aliphatic carbocycles. The summed E-state index contributed by atoms with van der Waals surface area (Å²) in [6.45, 7) is 7.25. The number of anilines is 1. The number of aromatic nitrogens is 1. The molecule has 1 aromatic carbocycles. The normalized spacial score (nSPS) is 19.1. The van der Waals surface area contributed by atoms with Gasteiger partial charge in [0, 0.05) is 45.5 Å². The van der Waals surface area contributed by atoms with Crippen LogP contribution in [-0.4, -0.2) is 59.5 Å². The number of rotatable bonds is 3. The lowest BCUT2D eigenvalue weighted by molar-refractivity contribution is -0.137. The number of amides is 1. The van der Waals surface area contributed by atoms with Crippen LogP contribution in [-0.2, 0) is 17.8 Å². The monoisotopic (exact) mass is 350 g/mol. The van der Waals surface area contributed by atoms with Crippen LogP contribution < -0.4 is 4.90 Å². The van der Waals surface area contributed by atoms with E-state index < -0.39 is 0 Å². The zero-order valence-corrected chi connectivity index (χ0v) is 15.3. The van der Waals surface area contributed by atoms with Gasteiger partial charge in [-0.3, -0.25) is 9.69 Å². The Labute approximate surface area is 155 Å². The molecule has 0 saturated carbocycles. The number of benzene rings is 1. The molecule has 0 spiro atoms. The average molecular weight is 350 g/mol. The third kappa shape index (κ3) is 3.44. The van der Waals surface area contributed by atoms with Gasteiger partial charge in [0.1, 0.15) is 5.82 Å². The minimum Gasteiger partial charge on any atom is -0.354 e. The van der Waals surface area contributed by atoms with Crippen molar-refractivity contribution >= 4 is 11.7 Å². The summed E-state index contributed by atoms with van der Waals surface area (Å²) in [4.78, 5) is 24.1. The van der Waals surface area contributed by atoms with E-state index in [1.165, 1.54) is 11.1 Å². The van der Waals surface area contributed by atoms with Crippen molar-refractivity contribution in [1.29, 1.82) is 0 Å². The Hall–Kier alpha value is -2.40. The van der Waals surface area contributed by atoms with Crippen molar-refractivity contribution in [3.05, 3.63) is 59.8 Å². The first-order valence-electron chi connectivity index (χ1n) is 9.48. The van der Waals surface area contributed by atoms with Crippen LogP contribution in [0.5, 0.6) is 0 Å². The second-order valence-corrected chi connectivity index (χ2v) is 7.17. The second kappa shape index (κ2) is 7.46. The lowest BCUT2D eigenvalue weighted by Gasteiger charge is -2.40. The van der Waals surface area contributed by atoms with Crippen LogP contribution in [0.2, 0.25) is 0 Å². The second-order valence-electron chi connectivity index (χ2n) is 7.17. The van der Waals surface area contributed by atoms with E-state index >= 15 is 0 Å². The SMILES string of the molecule is C[C@@H](C(=O)N1CCc2ccccc2C1)N1CCN(c2ccccn2)CC1. The number of carbonyl (C=O) groups is 1. The van der Waals surface area contributed by atoms with Gasteiger partial charge in [-0.25, -0.2) is 4.98 Å². The van der Waals surface area contributed by atoms with Crippen molar-refractivity contribution in [3.63, 3.8) is 0 Å². The van der Waals surface area contributed by atoms with E-state index in [4.69, 9.17) is 0 Å². The molecule has 0 unspecified atom stereocenters. The molecule has 5 heteroatoms. The van der Waals surface area contributed by atoms with E-state index in [9.17, 15) is 4.79 Å². The standard InChI is InChI=1S/C21H26N4O/c1-17(21(26)25-11-9-18-6-2-3-7-19(18)16-25)23-12-14-24(15-13-23)20-8-4-5-10-22-20/h2-8,10,17H,9,11-16H2,1H3/t17-/m0/s1. The van der Waals surface area contributed by atoms with Gasteiger partial charge in [0.15, 0.2) is 0 Å². The molecule has 0 radical (unpaired) electrons. The third-order valence-electron chi connectivity index (χ3n) is 5.63. The van der Waals surface area contributed by atoms with Gasteiger partial charge in [0.25, 0.3) is 0 Å². The highest BCUT2D eigenvalue weighted by molar-refractivity contribution is 5.81. The van der Waals surface area contributed by atoms with E-state index in [1.54, 1.807) is 0 Å². The maximum Gasteiger partial charge on any atom is 0.239 e. The first-order valence-corrected chi connectivity index (χ1v) is 9.48. The molecule has 136 valence electrons. The summed E-state index contributed by atoms with van der Waals surface area (Å²) in [6.07, 6.45) is 2.80. The van der Waals surface area contributed by atoms with Gasteiger partial charge in [0.05, 0.1) is 6.04 Å². The van der Waals surface area contributed by atoms with Crippen molar-refractivity contribution in [2.24, 2.45) is 0 Å². The summed E-state index contributed by atoms with van der Waals surface area (Å²) >= 11 is 0. The van der Waals surface area contributed by atoms with Crippen LogP contribution >= 0.6 is 0 Å². The van der Waals surface area contributed by atoms with Crippen LogP contribution in [0.3, 0.4) is 0 Å². The summed E-state index contributed by atoms with van der Waals surface area (Å²) in [5, 5.41) is 0. The highest BCUT2D eigenvalue weighted by Crippen LogP contribution is 2.21. The Morgan fingerprint density at radius 1 is 0.962 bits per heavy atom. The lowest BCUT2D eigenvalue weighted by Crippen LogP contribution is -2.55. The fraction of sp³-hybridized carbons (Fsp3) is 0.429. The number of hydrogen-bond acceptors (Lipinski definition) is 4. The summed E-state index contributed by atoms with van der Waals surface area (Å²) in [5.74, 6) is 1.28. The minimum absolute atomic E-state index is 0.0638. The largest absolute Gasteiger partial charge is 0.354 e. The topological polar surface area (TPSA) is 39.7 Å². The van der Waals surface area contributed by atoms with Crippen molar-refractivity contribution < 1.29 is 4.79 Å². The molecule has 3 heterocycles. The number of hydrogen-bond donors (Lipinski definition) is 0. The molecule has 2 aliphatic heterocycles. The van der Waals surface area contributed by atoms with Crippen LogP contribution in [0.4, 0.5) is 5.82 Å². The maximum absolute atomic E-state index is 13.0. The fourth-order valence-electron chi connectivity index (χ4n) is 3.98. The van der Waals surface area contributed by atoms with Gasteiger partial charge in [-0.05, 0) is 36.6 Å². The highest BCUT2D eigenvalue weighted by Gasteiger charge is 2.30. The quantitative estimate of drug-likeness (QED) is 0.851. The molecule has 2 aliphatic rings. The number of pyridine rings is 1. The zero-order chi connectivity index (χ0) is 17.9. The first kappa shape index (κ1) is 17.0. The number of fused-ring (bicyclic) bond motifs is 1. The van der Waals surface area contributed by atoms with E-state index in [2.05, 4.69) is 52.0 Å². The van der Waals surface area contributed by atoms with Crippen molar-refractivity contribution in [2.45, 2.75) is 25.9 Å². The minimum atomic E-state index is -0.0638. The Balaban J connectivity index is 1.35. The van der Waals surface area contributed by atoms with Gasteiger partial charge in [-0.2, -0.15) is 0 Å². The van der Waals surface area contributed by atoms with E-state index in [-0.39, 0.29) is 11.9 Å². The Morgan fingerprint density at radius 3 is 2.42 bits per heavy atom. The van der Waals surface area contributed by atoms with Gasteiger partial charge in [-0.1, -0.05) is 30.3 Å². The van der Waals surface area contributed by atoms with Crippen LogP contribution in [0.25, 0.3) is 0 Å². The molecule has 1 aromatic heterocycles. The Morgan fingerprint density at radius 2 is 1.69 bits per heavy atom. The van der Waals surface area contributed by atoms with Crippen LogP contribution in [0.15, 0.2) is 48.7 Å². The molecule has 1 atom stereocenters. The molecule has 1 amide bonds. The molecule has 26 heavy (non-hydrogen) atoms. The molecule has 0 N–H and O–H groups in total. The van der Waals surface area contributed by atoms with Gasteiger partial charge < -0.3 is 9.80 Å². The van der Waals surface area contributed by atoms with Gasteiger partial charge in [0.2, 0.25) is 5.91 Å². The molecule has 2 aromatic rings. The summed E-state index contributed by atoms with van der Waals surface area (Å²) in [5.41, 5.74) is 2.67. The fourth-order valence-corrected chi connectivity index (χ4v) is 3.98. The van der Waals surface area contributed by atoms with E-state index in [0.29, 0.717) is 0 Å². The van der Waals surface area contributed by atoms with E-state index in [0.717, 1.165) is 51.5 Å². The number of carbonyl (C=O) groups excluding carboxylic acids is 1. The summed E-state index contributed by atoms with van der Waals surface area (Å²) < 4.78 is 0.